The van der Waals surface area contributed by atoms with Gasteiger partial charge in [0.1, 0.15) is 6.07 Å². The van der Waals surface area contributed by atoms with Crippen molar-refractivity contribution in [3.63, 3.8) is 0 Å². The standard InChI is InChI=1S/C9H8ClNO2/c1-5-6(9(12)13)2-3-8(10)7(5)4-11/h2-3,9,12-13H,1H3. The van der Waals surface area contributed by atoms with Gasteiger partial charge in [-0.3, -0.25) is 0 Å². The second-order valence-corrected chi connectivity index (χ2v) is 3.03. The number of aliphatic hydroxyl groups excluding tert-OH is 1. The van der Waals surface area contributed by atoms with E-state index < -0.39 is 6.29 Å². The summed E-state index contributed by atoms with van der Waals surface area (Å²) in [5.74, 6) is 0. The van der Waals surface area contributed by atoms with Crippen molar-refractivity contribution in [2.24, 2.45) is 0 Å². The molecule has 1 aromatic rings. The molecule has 2 N–H and O–H groups in total. The molecule has 0 atom stereocenters. The average Bonchev–Trinajstić information content (AvgIpc) is 2.04. The van der Waals surface area contributed by atoms with E-state index in [1.165, 1.54) is 12.1 Å². The Morgan fingerprint density at radius 1 is 1.46 bits per heavy atom. The van der Waals surface area contributed by atoms with Crippen LogP contribution in [0.5, 0.6) is 0 Å². The molecule has 0 unspecified atom stereocenters. The highest BCUT2D eigenvalue weighted by Crippen LogP contribution is 2.25. The molecule has 0 aliphatic heterocycles. The van der Waals surface area contributed by atoms with Crippen LogP contribution in [0.25, 0.3) is 0 Å². The van der Waals surface area contributed by atoms with Crippen LogP contribution in [0.15, 0.2) is 12.1 Å². The van der Waals surface area contributed by atoms with E-state index in [-0.39, 0.29) is 5.56 Å². The number of rotatable bonds is 1. The Morgan fingerprint density at radius 3 is 2.54 bits per heavy atom. The summed E-state index contributed by atoms with van der Waals surface area (Å²) in [5, 5.41) is 26.9. The molecule has 0 bridgehead atoms. The van der Waals surface area contributed by atoms with E-state index in [0.717, 1.165) is 0 Å². The first kappa shape index (κ1) is 10.0. The lowest BCUT2D eigenvalue weighted by Gasteiger charge is -2.09. The van der Waals surface area contributed by atoms with E-state index in [0.29, 0.717) is 16.1 Å². The fourth-order valence-corrected chi connectivity index (χ4v) is 1.36. The summed E-state index contributed by atoms with van der Waals surface area (Å²) in [4.78, 5) is 0. The molecule has 0 radical (unpaired) electrons. The number of aliphatic hydroxyl groups is 2. The van der Waals surface area contributed by atoms with Gasteiger partial charge in [-0.25, -0.2) is 0 Å². The van der Waals surface area contributed by atoms with Crippen LogP contribution in [-0.4, -0.2) is 10.2 Å². The smallest absolute Gasteiger partial charge is 0.178 e. The lowest BCUT2D eigenvalue weighted by Crippen LogP contribution is -2.00. The Bertz CT molecular complexity index is 369. The first-order valence-electron chi connectivity index (χ1n) is 3.63. The van der Waals surface area contributed by atoms with Gasteiger partial charge < -0.3 is 10.2 Å². The van der Waals surface area contributed by atoms with E-state index >= 15 is 0 Å². The molecule has 0 amide bonds. The van der Waals surface area contributed by atoms with E-state index in [2.05, 4.69) is 0 Å². The fraction of sp³-hybridized carbons (Fsp3) is 0.222. The van der Waals surface area contributed by atoms with Crippen molar-refractivity contribution in [2.45, 2.75) is 13.2 Å². The summed E-state index contributed by atoms with van der Waals surface area (Å²) >= 11 is 5.72. The molecule has 0 saturated heterocycles. The third kappa shape index (κ3) is 1.81. The van der Waals surface area contributed by atoms with Gasteiger partial charge in [0.15, 0.2) is 6.29 Å². The molecular weight excluding hydrogens is 190 g/mol. The van der Waals surface area contributed by atoms with Gasteiger partial charge in [0, 0.05) is 5.56 Å². The summed E-state index contributed by atoms with van der Waals surface area (Å²) in [6.07, 6.45) is -1.57. The summed E-state index contributed by atoms with van der Waals surface area (Å²) in [5.41, 5.74) is 1.10. The van der Waals surface area contributed by atoms with E-state index in [9.17, 15) is 0 Å². The summed E-state index contributed by atoms with van der Waals surface area (Å²) in [7, 11) is 0. The molecule has 3 nitrogen and oxygen atoms in total. The third-order valence-electron chi connectivity index (χ3n) is 1.85. The van der Waals surface area contributed by atoms with Crippen LogP contribution < -0.4 is 0 Å². The zero-order valence-electron chi connectivity index (χ0n) is 6.95. The van der Waals surface area contributed by atoms with Gasteiger partial charge in [0.25, 0.3) is 0 Å². The molecule has 1 aromatic carbocycles. The minimum absolute atomic E-state index is 0.285. The van der Waals surface area contributed by atoms with Crippen molar-refractivity contribution in [3.8, 4) is 6.07 Å². The molecular formula is C9H8ClNO2. The number of benzene rings is 1. The Morgan fingerprint density at radius 2 is 2.08 bits per heavy atom. The van der Waals surface area contributed by atoms with Crippen molar-refractivity contribution in [2.75, 3.05) is 0 Å². The lowest BCUT2D eigenvalue weighted by atomic mass is 10.0. The van der Waals surface area contributed by atoms with Crippen LogP contribution >= 0.6 is 11.6 Å². The van der Waals surface area contributed by atoms with Gasteiger partial charge in [0.2, 0.25) is 0 Å². The van der Waals surface area contributed by atoms with Crippen molar-refractivity contribution < 1.29 is 10.2 Å². The number of nitriles is 1. The molecule has 0 aromatic heterocycles. The van der Waals surface area contributed by atoms with Gasteiger partial charge in [0.05, 0.1) is 10.6 Å². The molecule has 0 fully saturated rings. The zero-order chi connectivity index (χ0) is 10.0. The summed E-state index contributed by atoms with van der Waals surface area (Å²) < 4.78 is 0. The monoisotopic (exact) mass is 197 g/mol. The number of halogens is 1. The van der Waals surface area contributed by atoms with Crippen LogP contribution in [0.3, 0.4) is 0 Å². The first-order valence-corrected chi connectivity index (χ1v) is 4.01. The Hall–Kier alpha value is -1.08. The average molecular weight is 198 g/mol. The topological polar surface area (TPSA) is 64.2 Å². The minimum atomic E-state index is -1.57. The van der Waals surface area contributed by atoms with E-state index in [1.807, 2.05) is 6.07 Å². The molecule has 0 spiro atoms. The fourth-order valence-electron chi connectivity index (χ4n) is 1.11. The third-order valence-corrected chi connectivity index (χ3v) is 2.16. The molecule has 0 saturated carbocycles. The normalized spacial score (nSPS) is 10.2. The first-order chi connectivity index (χ1) is 6.07. The van der Waals surface area contributed by atoms with Gasteiger partial charge in [-0.15, -0.1) is 0 Å². The van der Waals surface area contributed by atoms with Crippen molar-refractivity contribution in [3.05, 3.63) is 33.8 Å². The molecule has 13 heavy (non-hydrogen) atoms. The Balaban J connectivity index is 3.38. The molecule has 0 aliphatic rings. The SMILES string of the molecule is Cc1c(C(O)O)ccc(Cl)c1C#N. The lowest BCUT2D eigenvalue weighted by molar-refractivity contribution is -0.0429. The quantitative estimate of drug-likeness (QED) is 0.671. The van der Waals surface area contributed by atoms with Crippen LogP contribution in [-0.2, 0) is 0 Å². The molecule has 4 heteroatoms. The van der Waals surface area contributed by atoms with Crippen molar-refractivity contribution >= 4 is 11.6 Å². The van der Waals surface area contributed by atoms with Crippen molar-refractivity contribution in [1.29, 1.82) is 5.26 Å². The number of hydrogen-bond acceptors (Lipinski definition) is 3. The number of nitrogens with zero attached hydrogens (tertiary/aromatic N) is 1. The van der Waals surface area contributed by atoms with Crippen molar-refractivity contribution in [1.82, 2.24) is 0 Å². The highest BCUT2D eigenvalue weighted by molar-refractivity contribution is 6.31. The minimum Gasteiger partial charge on any atom is -0.364 e. The highest BCUT2D eigenvalue weighted by atomic mass is 35.5. The highest BCUT2D eigenvalue weighted by Gasteiger charge is 2.12. The maximum atomic E-state index is 8.92. The van der Waals surface area contributed by atoms with E-state index in [4.69, 9.17) is 27.1 Å². The van der Waals surface area contributed by atoms with Crippen LogP contribution in [0.2, 0.25) is 5.02 Å². The number of hydrogen-bond donors (Lipinski definition) is 2. The van der Waals surface area contributed by atoms with Gasteiger partial charge >= 0.3 is 0 Å². The Labute approximate surface area is 80.8 Å². The van der Waals surface area contributed by atoms with Gasteiger partial charge in [-0.05, 0) is 18.6 Å². The zero-order valence-corrected chi connectivity index (χ0v) is 7.71. The molecule has 1 rings (SSSR count). The van der Waals surface area contributed by atoms with Gasteiger partial charge in [-0.2, -0.15) is 5.26 Å². The predicted octanol–water partition coefficient (Wildman–Crippen LogP) is 1.50. The predicted molar refractivity (Wildman–Crippen MR) is 48.1 cm³/mol. The maximum Gasteiger partial charge on any atom is 0.178 e. The molecule has 68 valence electrons. The molecule has 0 heterocycles. The largest absolute Gasteiger partial charge is 0.364 e. The van der Waals surface area contributed by atoms with Crippen LogP contribution in [0.4, 0.5) is 0 Å². The van der Waals surface area contributed by atoms with Crippen LogP contribution in [0, 0.1) is 18.3 Å². The van der Waals surface area contributed by atoms with Crippen LogP contribution in [0.1, 0.15) is 23.0 Å². The summed E-state index contributed by atoms with van der Waals surface area (Å²) in [6, 6.07) is 4.87. The van der Waals surface area contributed by atoms with Gasteiger partial charge in [-0.1, -0.05) is 17.7 Å². The molecule has 0 aliphatic carbocycles. The summed E-state index contributed by atoms with van der Waals surface area (Å²) in [6.45, 7) is 1.62. The second-order valence-electron chi connectivity index (χ2n) is 2.62. The van der Waals surface area contributed by atoms with E-state index in [1.54, 1.807) is 6.92 Å². The Kier molecular flexibility index (Phi) is 2.89. The maximum absolute atomic E-state index is 8.92. The second kappa shape index (κ2) is 3.75.